The van der Waals surface area contributed by atoms with Crippen LogP contribution in [0.3, 0.4) is 0 Å². The van der Waals surface area contributed by atoms with Crippen LogP contribution in [0.15, 0.2) is 4.99 Å². The van der Waals surface area contributed by atoms with Crippen LogP contribution < -0.4 is 5.73 Å². The summed E-state index contributed by atoms with van der Waals surface area (Å²) in [7, 11) is 0. The van der Waals surface area contributed by atoms with Crippen molar-refractivity contribution in [2.75, 3.05) is 6.61 Å². The van der Waals surface area contributed by atoms with Gasteiger partial charge in [-0.2, -0.15) is 0 Å². The highest BCUT2D eigenvalue weighted by molar-refractivity contribution is 6.42. The van der Waals surface area contributed by atoms with Crippen molar-refractivity contribution in [1.29, 1.82) is 5.41 Å². The molecule has 2 saturated carbocycles. The van der Waals surface area contributed by atoms with E-state index < -0.39 is 0 Å². The van der Waals surface area contributed by atoms with Crippen molar-refractivity contribution in [2.45, 2.75) is 135 Å². The maximum atomic E-state index is 9.06. The fraction of sp³-hybridized carbons (Fsp3) is 0.923. The van der Waals surface area contributed by atoms with Gasteiger partial charge in [0, 0.05) is 24.0 Å². The lowest BCUT2D eigenvalue weighted by atomic mass is 9.77. The summed E-state index contributed by atoms with van der Waals surface area (Å²) in [5.74, 6) is 0.917. The standard InChI is InChI=1S/C26H49N3O/c1-24(2,28)19-26(5,6)30-18-17-25(3,4)29-23(21-15-11-8-12-16-21)22(27)20-13-9-7-10-14-20/h20-21,27H,7-19,28H2,1-6H3/b27-22?,29-23+. The molecular weight excluding hydrogens is 370 g/mol. The van der Waals surface area contributed by atoms with Crippen LogP contribution >= 0.6 is 0 Å². The maximum absolute atomic E-state index is 9.06. The Hall–Kier alpha value is -0.740. The zero-order valence-electron chi connectivity index (χ0n) is 20.8. The normalized spacial score (nSPS) is 21.1. The first kappa shape index (κ1) is 25.5. The Bertz CT molecular complexity index is 574. The first-order valence-electron chi connectivity index (χ1n) is 12.5. The number of rotatable bonds is 10. The molecule has 0 aromatic heterocycles. The second-order valence-corrected chi connectivity index (χ2v) is 11.9. The third kappa shape index (κ3) is 8.78. The maximum Gasteiger partial charge on any atom is 0.0643 e. The Kier molecular flexibility index (Phi) is 9.12. The summed E-state index contributed by atoms with van der Waals surface area (Å²) in [5, 5.41) is 9.06. The fourth-order valence-corrected chi connectivity index (χ4v) is 5.46. The summed E-state index contributed by atoms with van der Waals surface area (Å²) in [6.45, 7) is 13.5. The molecule has 0 heterocycles. The summed E-state index contributed by atoms with van der Waals surface area (Å²) >= 11 is 0. The molecule has 0 unspecified atom stereocenters. The molecule has 30 heavy (non-hydrogen) atoms. The molecule has 0 amide bonds. The molecule has 0 radical (unpaired) electrons. The van der Waals surface area contributed by atoms with Crippen molar-refractivity contribution >= 4 is 11.4 Å². The molecule has 4 nitrogen and oxygen atoms in total. The van der Waals surface area contributed by atoms with E-state index in [0.29, 0.717) is 18.4 Å². The largest absolute Gasteiger partial charge is 0.375 e. The highest BCUT2D eigenvalue weighted by Gasteiger charge is 2.31. The number of hydrogen-bond donors (Lipinski definition) is 2. The van der Waals surface area contributed by atoms with Gasteiger partial charge in [0.05, 0.1) is 22.6 Å². The Labute approximate surface area is 186 Å². The molecule has 2 aliphatic carbocycles. The SMILES string of the molecule is CC(C)(N)CC(C)(C)OCCC(C)(C)/N=C(/C(=N)C1CCCCC1)C1CCCCC1. The molecule has 0 aromatic rings. The number of aliphatic imine (C=N–C) groups is 1. The average molecular weight is 420 g/mol. The number of nitrogens with zero attached hydrogens (tertiary/aromatic N) is 1. The van der Waals surface area contributed by atoms with Gasteiger partial charge >= 0.3 is 0 Å². The van der Waals surface area contributed by atoms with E-state index in [0.717, 1.165) is 24.3 Å². The molecule has 0 aliphatic heterocycles. The van der Waals surface area contributed by atoms with E-state index in [9.17, 15) is 0 Å². The van der Waals surface area contributed by atoms with Crippen LogP contribution in [0.1, 0.15) is 119 Å². The minimum absolute atomic E-state index is 0.206. The van der Waals surface area contributed by atoms with E-state index >= 15 is 0 Å². The van der Waals surface area contributed by atoms with Gasteiger partial charge in [0.1, 0.15) is 0 Å². The fourth-order valence-electron chi connectivity index (χ4n) is 5.46. The average Bonchev–Trinajstić information content (AvgIpc) is 2.65. The Morgan fingerprint density at radius 3 is 1.87 bits per heavy atom. The second-order valence-electron chi connectivity index (χ2n) is 11.9. The smallest absolute Gasteiger partial charge is 0.0643 e. The van der Waals surface area contributed by atoms with Gasteiger partial charge < -0.3 is 15.9 Å². The Morgan fingerprint density at radius 2 is 1.37 bits per heavy atom. The minimum Gasteiger partial charge on any atom is -0.375 e. The van der Waals surface area contributed by atoms with Crippen LogP contribution in [0.5, 0.6) is 0 Å². The van der Waals surface area contributed by atoms with Gasteiger partial charge in [0.2, 0.25) is 0 Å². The van der Waals surface area contributed by atoms with Crippen LogP contribution in [0.25, 0.3) is 0 Å². The van der Waals surface area contributed by atoms with Gasteiger partial charge in [-0.15, -0.1) is 0 Å². The number of nitrogens with two attached hydrogens (primary N) is 1. The van der Waals surface area contributed by atoms with E-state index in [1.807, 2.05) is 0 Å². The van der Waals surface area contributed by atoms with Crippen molar-refractivity contribution in [2.24, 2.45) is 22.6 Å². The molecule has 0 bridgehead atoms. The lowest BCUT2D eigenvalue weighted by Crippen LogP contribution is -2.42. The molecule has 0 atom stereocenters. The number of hydrogen-bond acceptors (Lipinski definition) is 4. The van der Waals surface area contributed by atoms with Crippen LogP contribution in [0, 0.1) is 17.2 Å². The summed E-state index contributed by atoms with van der Waals surface area (Å²) in [6, 6.07) is 0. The van der Waals surface area contributed by atoms with Crippen molar-refractivity contribution in [3.05, 3.63) is 0 Å². The van der Waals surface area contributed by atoms with Crippen molar-refractivity contribution < 1.29 is 4.74 Å². The van der Waals surface area contributed by atoms with Gasteiger partial charge in [0.15, 0.2) is 0 Å². The molecule has 2 rings (SSSR count). The van der Waals surface area contributed by atoms with Crippen LogP contribution in [0.2, 0.25) is 0 Å². The summed E-state index contributed by atoms with van der Waals surface area (Å²) in [5.41, 5.74) is 7.52. The predicted octanol–water partition coefficient (Wildman–Crippen LogP) is 6.70. The molecule has 0 spiro atoms. The Morgan fingerprint density at radius 1 is 0.867 bits per heavy atom. The summed E-state index contributed by atoms with van der Waals surface area (Å²) < 4.78 is 6.24. The highest BCUT2D eigenvalue weighted by Crippen LogP contribution is 2.32. The zero-order chi connectivity index (χ0) is 22.4. The minimum atomic E-state index is -0.237. The van der Waals surface area contributed by atoms with Crippen LogP contribution in [-0.4, -0.2) is 34.7 Å². The van der Waals surface area contributed by atoms with Crippen molar-refractivity contribution in [1.82, 2.24) is 0 Å². The summed E-state index contributed by atoms with van der Waals surface area (Å²) in [4.78, 5) is 5.29. The van der Waals surface area contributed by atoms with Gasteiger partial charge in [0.25, 0.3) is 0 Å². The topological polar surface area (TPSA) is 71.5 Å². The van der Waals surface area contributed by atoms with Gasteiger partial charge in [-0.1, -0.05) is 38.5 Å². The lowest BCUT2D eigenvalue weighted by Gasteiger charge is -2.34. The molecule has 0 saturated heterocycles. The van der Waals surface area contributed by atoms with Crippen molar-refractivity contribution in [3.8, 4) is 0 Å². The van der Waals surface area contributed by atoms with Crippen LogP contribution in [0.4, 0.5) is 0 Å². The van der Waals surface area contributed by atoms with E-state index in [4.69, 9.17) is 20.9 Å². The molecule has 174 valence electrons. The van der Waals surface area contributed by atoms with E-state index in [-0.39, 0.29) is 16.7 Å². The van der Waals surface area contributed by atoms with E-state index in [2.05, 4.69) is 41.5 Å². The monoisotopic (exact) mass is 419 g/mol. The number of nitrogens with one attached hydrogen (secondary N) is 1. The third-order valence-corrected chi connectivity index (χ3v) is 6.79. The molecule has 3 N–H and O–H groups in total. The lowest BCUT2D eigenvalue weighted by molar-refractivity contribution is -0.0395. The quantitative estimate of drug-likeness (QED) is 0.387. The van der Waals surface area contributed by atoms with E-state index in [1.165, 1.54) is 64.2 Å². The van der Waals surface area contributed by atoms with Crippen molar-refractivity contribution in [3.63, 3.8) is 0 Å². The zero-order valence-corrected chi connectivity index (χ0v) is 20.8. The van der Waals surface area contributed by atoms with E-state index in [1.54, 1.807) is 0 Å². The Balaban J connectivity index is 2.07. The van der Waals surface area contributed by atoms with Gasteiger partial charge in [-0.05, 0) is 80.1 Å². The molecule has 2 fully saturated rings. The summed E-state index contributed by atoms with van der Waals surface area (Å²) in [6.07, 6.45) is 14.2. The third-order valence-electron chi connectivity index (χ3n) is 6.79. The first-order chi connectivity index (χ1) is 13.9. The number of ether oxygens (including phenoxy) is 1. The molecular formula is C26H49N3O. The predicted molar refractivity (Wildman–Crippen MR) is 130 cm³/mol. The molecule has 4 heteroatoms. The molecule has 0 aromatic carbocycles. The second kappa shape index (κ2) is 10.7. The van der Waals surface area contributed by atoms with Gasteiger partial charge in [-0.3, -0.25) is 4.99 Å². The molecule has 2 aliphatic rings. The van der Waals surface area contributed by atoms with Gasteiger partial charge in [-0.25, -0.2) is 0 Å². The van der Waals surface area contributed by atoms with Crippen LogP contribution in [-0.2, 0) is 4.74 Å². The highest BCUT2D eigenvalue weighted by atomic mass is 16.5. The first-order valence-corrected chi connectivity index (χ1v) is 12.5.